The first kappa shape index (κ1) is 15.6. The highest BCUT2D eigenvalue weighted by Gasteiger charge is 2.13. The van der Waals surface area contributed by atoms with Gasteiger partial charge in [0.05, 0.1) is 22.6 Å². The normalized spacial score (nSPS) is 11.2. The molecule has 0 amide bonds. The van der Waals surface area contributed by atoms with Gasteiger partial charge in [-0.1, -0.05) is 12.1 Å². The Bertz CT molecular complexity index is 853. The van der Waals surface area contributed by atoms with Crippen molar-refractivity contribution in [1.82, 2.24) is 19.9 Å². The van der Waals surface area contributed by atoms with Crippen LogP contribution in [0.25, 0.3) is 11.0 Å². The van der Waals surface area contributed by atoms with Gasteiger partial charge < -0.3 is 15.0 Å². The fraction of sp³-hybridized carbons (Fsp3) is 0.312. The number of hydrogen-bond donors (Lipinski definition) is 2. The Morgan fingerprint density at radius 3 is 2.83 bits per heavy atom. The van der Waals surface area contributed by atoms with Crippen molar-refractivity contribution < 1.29 is 9.90 Å². The molecule has 0 bridgehead atoms. The third-order valence-electron chi connectivity index (χ3n) is 3.72. The predicted molar refractivity (Wildman–Crippen MR) is 89.9 cm³/mol. The summed E-state index contributed by atoms with van der Waals surface area (Å²) in [6.07, 6.45) is 0.711. The minimum Gasteiger partial charge on any atom is -0.476 e. The number of hydrogen-bond acceptors (Lipinski definition) is 5. The summed E-state index contributed by atoms with van der Waals surface area (Å²) >= 11 is 1.44. The quantitative estimate of drug-likeness (QED) is 0.678. The topological polar surface area (TPSA) is 80.0 Å². The van der Waals surface area contributed by atoms with Gasteiger partial charge in [0.25, 0.3) is 0 Å². The van der Waals surface area contributed by atoms with Crippen LogP contribution < -0.4 is 5.32 Å². The average molecular weight is 330 g/mol. The number of thiazole rings is 1. The number of aryl methyl sites for hydroxylation is 2. The standard InChI is InChI=1S/C16H18N4O2S/c1-10-15(16(21)22)19-14(23-10)7-8-17-9-13-18-11-5-3-4-6-12(11)20(13)2/h3-6,17H,7-9H2,1-2H3,(H,21,22). The number of aromatic nitrogens is 3. The molecule has 2 heterocycles. The van der Waals surface area contributed by atoms with Crippen LogP contribution in [0, 0.1) is 6.92 Å². The predicted octanol–water partition coefficient (Wildman–Crippen LogP) is 2.37. The molecule has 0 spiro atoms. The summed E-state index contributed by atoms with van der Waals surface area (Å²) in [6, 6.07) is 8.05. The Morgan fingerprint density at radius 1 is 1.35 bits per heavy atom. The molecule has 0 fully saturated rings. The van der Waals surface area contributed by atoms with Gasteiger partial charge in [0.15, 0.2) is 5.69 Å². The average Bonchev–Trinajstić information content (AvgIpc) is 3.05. The van der Waals surface area contributed by atoms with Crippen LogP contribution in [-0.2, 0) is 20.0 Å². The lowest BCUT2D eigenvalue weighted by molar-refractivity contribution is 0.0690. The van der Waals surface area contributed by atoms with E-state index in [1.807, 2.05) is 25.2 Å². The molecular formula is C16H18N4O2S. The Hall–Kier alpha value is -2.25. The molecule has 7 heteroatoms. The molecular weight excluding hydrogens is 312 g/mol. The van der Waals surface area contributed by atoms with Crippen LogP contribution in [-0.4, -0.2) is 32.2 Å². The zero-order valence-corrected chi connectivity index (χ0v) is 13.9. The van der Waals surface area contributed by atoms with Gasteiger partial charge in [-0.3, -0.25) is 0 Å². The van der Waals surface area contributed by atoms with E-state index < -0.39 is 5.97 Å². The number of benzene rings is 1. The molecule has 0 atom stereocenters. The highest BCUT2D eigenvalue weighted by molar-refractivity contribution is 7.11. The number of nitrogens with zero attached hydrogens (tertiary/aromatic N) is 3. The molecule has 2 aromatic heterocycles. The van der Waals surface area contributed by atoms with E-state index in [-0.39, 0.29) is 5.69 Å². The second-order valence-electron chi connectivity index (χ2n) is 5.32. The van der Waals surface area contributed by atoms with Gasteiger partial charge in [0, 0.05) is 24.9 Å². The smallest absolute Gasteiger partial charge is 0.355 e. The molecule has 3 aromatic rings. The minimum atomic E-state index is -0.961. The molecule has 6 nitrogen and oxygen atoms in total. The third-order valence-corrected chi connectivity index (χ3v) is 4.75. The monoisotopic (exact) mass is 330 g/mol. The van der Waals surface area contributed by atoms with E-state index in [2.05, 4.69) is 25.9 Å². The maximum Gasteiger partial charge on any atom is 0.355 e. The van der Waals surface area contributed by atoms with Crippen molar-refractivity contribution in [3.8, 4) is 0 Å². The van der Waals surface area contributed by atoms with Gasteiger partial charge in [-0.05, 0) is 19.1 Å². The maximum absolute atomic E-state index is 11.0. The van der Waals surface area contributed by atoms with E-state index in [4.69, 9.17) is 5.11 Å². The largest absolute Gasteiger partial charge is 0.476 e. The Kier molecular flexibility index (Phi) is 4.40. The minimum absolute atomic E-state index is 0.167. The molecule has 0 radical (unpaired) electrons. The molecule has 1 aromatic carbocycles. The van der Waals surface area contributed by atoms with Crippen molar-refractivity contribution in [2.24, 2.45) is 7.05 Å². The number of aromatic carboxylic acids is 1. The van der Waals surface area contributed by atoms with E-state index in [0.717, 1.165) is 33.3 Å². The van der Waals surface area contributed by atoms with Gasteiger partial charge in [0.1, 0.15) is 5.82 Å². The number of carbonyl (C=O) groups is 1. The number of nitrogens with one attached hydrogen (secondary N) is 1. The number of imidazole rings is 1. The number of carboxylic acid groups (broad SMARTS) is 1. The molecule has 0 aliphatic carbocycles. The molecule has 120 valence electrons. The molecule has 0 unspecified atom stereocenters. The molecule has 0 saturated carbocycles. The molecule has 23 heavy (non-hydrogen) atoms. The van der Waals surface area contributed by atoms with Gasteiger partial charge in [-0.15, -0.1) is 11.3 Å². The van der Waals surface area contributed by atoms with Crippen LogP contribution in [0.4, 0.5) is 0 Å². The number of carboxylic acids is 1. The van der Waals surface area contributed by atoms with Crippen molar-refractivity contribution in [3.63, 3.8) is 0 Å². The SMILES string of the molecule is Cc1sc(CCNCc2nc3ccccc3n2C)nc1C(=O)O. The van der Waals surface area contributed by atoms with Crippen LogP contribution in [0.2, 0.25) is 0 Å². The number of fused-ring (bicyclic) bond motifs is 1. The zero-order chi connectivity index (χ0) is 16.4. The number of rotatable bonds is 6. The third kappa shape index (κ3) is 3.25. The first-order valence-electron chi connectivity index (χ1n) is 7.37. The molecule has 3 rings (SSSR count). The van der Waals surface area contributed by atoms with Crippen molar-refractivity contribution in [2.45, 2.75) is 19.9 Å². The van der Waals surface area contributed by atoms with Crippen LogP contribution in [0.5, 0.6) is 0 Å². The van der Waals surface area contributed by atoms with Gasteiger partial charge in [0.2, 0.25) is 0 Å². The summed E-state index contributed by atoms with van der Waals surface area (Å²) in [5.74, 6) is 0.0189. The van der Waals surface area contributed by atoms with E-state index >= 15 is 0 Å². The summed E-state index contributed by atoms with van der Waals surface area (Å²) in [5.41, 5.74) is 2.28. The summed E-state index contributed by atoms with van der Waals surface area (Å²) in [7, 11) is 2.01. The molecule has 0 saturated heterocycles. The van der Waals surface area contributed by atoms with E-state index in [9.17, 15) is 4.79 Å². The molecule has 0 aliphatic heterocycles. The first-order valence-corrected chi connectivity index (χ1v) is 8.18. The second-order valence-corrected chi connectivity index (χ2v) is 6.61. The zero-order valence-electron chi connectivity index (χ0n) is 13.0. The summed E-state index contributed by atoms with van der Waals surface area (Å²) in [6.45, 7) is 3.19. The van der Waals surface area contributed by atoms with Crippen molar-refractivity contribution in [3.05, 3.63) is 45.7 Å². The van der Waals surface area contributed by atoms with E-state index in [1.165, 1.54) is 11.3 Å². The van der Waals surface area contributed by atoms with Crippen LogP contribution in [0.3, 0.4) is 0 Å². The fourth-order valence-electron chi connectivity index (χ4n) is 2.51. The number of para-hydroxylation sites is 2. The second kappa shape index (κ2) is 6.47. The van der Waals surface area contributed by atoms with Gasteiger partial charge in [-0.25, -0.2) is 14.8 Å². The van der Waals surface area contributed by atoms with Crippen LogP contribution in [0.1, 0.15) is 26.2 Å². The fourth-order valence-corrected chi connectivity index (χ4v) is 3.43. The Labute approximate surface area is 137 Å². The van der Waals surface area contributed by atoms with Crippen molar-refractivity contribution in [2.75, 3.05) is 6.54 Å². The van der Waals surface area contributed by atoms with E-state index in [0.29, 0.717) is 13.0 Å². The van der Waals surface area contributed by atoms with E-state index in [1.54, 1.807) is 6.92 Å². The Balaban J connectivity index is 1.58. The summed E-state index contributed by atoms with van der Waals surface area (Å²) in [4.78, 5) is 20.5. The van der Waals surface area contributed by atoms with Crippen molar-refractivity contribution in [1.29, 1.82) is 0 Å². The van der Waals surface area contributed by atoms with Gasteiger partial charge in [-0.2, -0.15) is 0 Å². The van der Waals surface area contributed by atoms with Crippen LogP contribution in [0.15, 0.2) is 24.3 Å². The first-order chi connectivity index (χ1) is 11.1. The lowest BCUT2D eigenvalue weighted by atomic mass is 10.3. The summed E-state index contributed by atoms with van der Waals surface area (Å²) in [5, 5.41) is 13.2. The molecule has 0 aliphatic rings. The van der Waals surface area contributed by atoms with Crippen LogP contribution >= 0.6 is 11.3 Å². The summed E-state index contributed by atoms with van der Waals surface area (Å²) < 4.78 is 2.08. The lowest BCUT2D eigenvalue weighted by Crippen LogP contribution is -2.19. The maximum atomic E-state index is 11.0. The van der Waals surface area contributed by atoms with Gasteiger partial charge >= 0.3 is 5.97 Å². The lowest BCUT2D eigenvalue weighted by Gasteiger charge is -2.04. The highest BCUT2D eigenvalue weighted by Crippen LogP contribution is 2.18. The Morgan fingerprint density at radius 2 is 2.13 bits per heavy atom. The van der Waals surface area contributed by atoms with Crippen molar-refractivity contribution >= 4 is 28.3 Å². The highest BCUT2D eigenvalue weighted by atomic mass is 32.1. The molecule has 2 N–H and O–H groups in total.